The molecule has 2 rings (SSSR count). The summed E-state index contributed by atoms with van der Waals surface area (Å²) in [6.07, 6.45) is -2.41. The number of nitrogens with zero attached hydrogens (tertiary/aromatic N) is 1. The molecule has 24 heavy (non-hydrogen) atoms. The summed E-state index contributed by atoms with van der Waals surface area (Å²) in [5.74, 6) is -0.556. The van der Waals surface area contributed by atoms with Gasteiger partial charge in [0, 0.05) is 18.3 Å². The first kappa shape index (κ1) is 18.5. The molecule has 1 fully saturated rings. The number of carbonyl (C=O) groups is 1. The van der Waals surface area contributed by atoms with Crippen LogP contribution in [-0.2, 0) is 4.79 Å². The number of ether oxygens (including phenoxy) is 1. The quantitative estimate of drug-likeness (QED) is 0.798. The van der Waals surface area contributed by atoms with E-state index >= 15 is 0 Å². The van der Waals surface area contributed by atoms with Gasteiger partial charge in [0.05, 0.1) is 6.54 Å². The molecule has 0 saturated carbocycles. The third-order valence-electron chi connectivity index (χ3n) is 3.94. The van der Waals surface area contributed by atoms with Gasteiger partial charge in [-0.05, 0) is 50.2 Å². The molecule has 0 bridgehead atoms. The summed E-state index contributed by atoms with van der Waals surface area (Å²) < 4.78 is 40.0. The van der Waals surface area contributed by atoms with Crippen LogP contribution in [0.2, 0.25) is 0 Å². The Labute approximate surface area is 139 Å². The highest BCUT2D eigenvalue weighted by Crippen LogP contribution is 2.23. The highest BCUT2D eigenvalue weighted by Gasteiger charge is 2.31. The molecule has 1 saturated heterocycles. The summed E-state index contributed by atoms with van der Waals surface area (Å²) in [5.41, 5.74) is 0.423. The van der Waals surface area contributed by atoms with Crippen LogP contribution in [0.1, 0.15) is 19.8 Å². The predicted octanol–water partition coefficient (Wildman–Crippen LogP) is 2.60. The zero-order chi connectivity index (χ0) is 17.6. The van der Waals surface area contributed by atoms with E-state index in [9.17, 15) is 18.0 Å². The topological polar surface area (TPSA) is 53.6 Å². The number of amides is 1. The molecule has 1 heterocycles. The molecule has 1 atom stereocenters. The number of halogens is 3. The molecule has 0 radical (unpaired) electrons. The zero-order valence-electron chi connectivity index (χ0n) is 13.5. The van der Waals surface area contributed by atoms with Crippen LogP contribution in [-0.4, -0.2) is 49.4 Å². The summed E-state index contributed by atoms with van der Waals surface area (Å²) >= 11 is 0. The maximum Gasteiger partial charge on any atom is 0.573 e. The SMILES string of the molecule is CCN1CCC[C@@H]1CNCC(=O)Nc1ccc(OC(F)(F)F)cc1. The number of hydrogen-bond acceptors (Lipinski definition) is 4. The molecule has 0 aromatic heterocycles. The van der Waals surface area contributed by atoms with Crippen LogP contribution in [0.25, 0.3) is 0 Å². The van der Waals surface area contributed by atoms with E-state index in [1.165, 1.54) is 18.6 Å². The number of likely N-dealkylation sites (tertiary alicyclic amines) is 1. The van der Waals surface area contributed by atoms with Crippen molar-refractivity contribution in [2.24, 2.45) is 0 Å². The van der Waals surface area contributed by atoms with Crippen molar-refractivity contribution >= 4 is 11.6 Å². The minimum Gasteiger partial charge on any atom is -0.406 e. The minimum atomic E-state index is -4.72. The smallest absolute Gasteiger partial charge is 0.406 e. The van der Waals surface area contributed by atoms with Gasteiger partial charge < -0.3 is 15.4 Å². The van der Waals surface area contributed by atoms with Gasteiger partial charge >= 0.3 is 6.36 Å². The van der Waals surface area contributed by atoms with Crippen LogP contribution in [0.5, 0.6) is 5.75 Å². The number of nitrogens with one attached hydrogen (secondary N) is 2. The third kappa shape index (κ3) is 6.01. The van der Waals surface area contributed by atoms with Crippen molar-refractivity contribution in [1.29, 1.82) is 0 Å². The Kier molecular flexibility index (Phi) is 6.44. The van der Waals surface area contributed by atoms with Crippen molar-refractivity contribution < 1.29 is 22.7 Å². The normalized spacial score (nSPS) is 18.6. The fourth-order valence-corrected chi connectivity index (χ4v) is 2.84. The van der Waals surface area contributed by atoms with Gasteiger partial charge in [-0.3, -0.25) is 9.69 Å². The second-order valence-corrected chi connectivity index (χ2v) is 5.68. The molecular weight excluding hydrogens is 323 g/mol. The van der Waals surface area contributed by atoms with E-state index in [-0.39, 0.29) is 18.2 Å². The molecule has 0 unspecified atom stereocenters. The minimum absolute atomic E-state index is 0.162. The maximum atomic E-state index is 12.1. The van der Waals surface area contributed by atoms with Crippen LogP contribution in [0.4, 0.5) is 18.9 Å². The molecule has 2 N–H and O–H groups in total. The monoisotopic (exact) mass is 345 g/mol. The van der Waals surface area contributed by atoms with Gasteiger partial charge in [-0.15, -0.1) is 13.2 Å². The average Bonchev–Trinajstić information content (AvgIpc) is 2.95. The van der Waals surface area contributed by atoms with Crippen molar-refractivity contribution in [1.82, 2.24) is 10.2 Å². The molecule has 1 aromatic rings. The standard InChI is InChI=1S/C16H22F3N3O2/c1-2-22-9-3-4-13(22)10-20-11-15(23)21-12-5-7-14(8-6-12)24-16(17,18)19/h5-8,13,20H,2-4,9-11H2,1H3,(H,21,23)/t13-/m1/s1. The Bertz CT molecular complexity index is 534. The molecule has 0 spiro atoms. The van der Waals surface area contributed by atoms with Gasteiger partial charge in [0.25, 0.3) is 0 Å². The van der Waals surface area contributed by atoms with Crippen LogP contribution < -0.4 is 15.4 Å². The van der Waals surface area contributed by atoms with E-state index in [0.29, 0.717) is 11.7 Å². The van der Waals surface area contributed by atoms with E-state index in [4.69, 9.17) is 0 Å². The summed E-state index contributed by atoms with van der Waals surface area (Å²) in [7, 11) is 0. The lowest BCUT2D eigenvalue weighted by atomic mass is 10.2. The Balaban J connectivity index is 1.72. The first-order chi connectivity index (χ1) is 11.4. The number of carbonyl (C=O) groups excluding carboxylic acids is 1. The van der Waals surface area contributed by atoms with Gasteiger partial charge in [0.2, 0.25) is 5.91 Å². The Hall–Kier alpha value is -1.80. The van der Waals surface area contributed by atoms with E-state index in [2.05, 4.69) is 27.2 Å². The van der Waals surface area contributed by atoms with E-state index in [1.54, 1.807) is 0 Å². The lowest BCUT2D eigenvalue weighted by Crippen LogP contribution is -2.40. The van der Waals surface area contributed by atoms with E-state index in [0.717, 1.165) is 38.2 Å². The van der Waals surface area contributed by atoms with Crippen molar-refractivity contribution in [3.8, 4) is 5.75 Å². The van der Waals surface area contributed by atoms with Crippen molar-refractivity contribution in [2.75, 3.05) is 31.5 Å². The summed E-state index contributed by atoms with van der Waals surface area (Å²) in [4.78, 5) is 14.2. The summed E-state index contributed by atoms with van der Waals surface area (Å²) in [5, 5.41) is 5.76. The number of rotatable bonds is 7. The van der Waals surface area contributed by atoms with Gasteiger partial charge in [-0.1, -0.05) is 6.92 Å². The van der Waals surface area contributed by atoms with Crippen molar-refractivity contribution in [2.45, 2.75) is 32.2 Å². The summed E-state index contributed by atoms with van der Waals surface area (Å²) in [6, 6.07) is 5.52. The fourth-order valence-electron chi connectivity index (χ4n) is 2.84. The average molecular weight is 345 g/mol. The highest BCUT2D eigenvalue weighted by atomic mass is 19.4. The maximum absolute atomic E-state index is 12.1. The molecule has 1 aliphatic heterocycles. The van der Waals surface area contributed by atoms with E-state index in [1.807, 2.05) is 0 Å². The van der Waals surface area contributed by atoms with Crippen molar-refractivity contribution in [3.63, 3.8) is 0 Å². The molecule has 0 aliphatic carbocycles. The first-order valence-corrected chi connectivity index (χ1v) is 7.98. The lowest BCUT2D eigenvalue weighted by Gasteiger charge is -2.22. The zero-order valence-corrected chi connectivity index (χ0v) is 13.5. The number of benzene rings is 1. The number of alkyl halides is 3. The van der Waals surface area contributed by atoms with Crippen LogP contribution in [0.3, 0.4) is 0 Å². The van der Waals surface area contributed by atoms with Crippen molar-refractivity contribution in [3.05, 3.63) is 24.3 Å². The molecule has 1 aromatic carbocycles. The van der Waals surface area contributed by atoms with E-state index < -0.39 is 6.36 Å². The van der Waals surface area contributed by atoms with Gasteiger partial charge in [-0.25, -0.2) is 0 Å². The number of hydrogen-bond donors (Lipinski definition) is 2. The highest BCUT2D eigenvalue weighted by molar-refractivity contribution is 5.92. The second-order valence-electron chi connectivity index (χ2n) is 5.68. The lowest BCUT2D eigenvalue weighted by molar-refractivity contribution is -0.274. The molecule has 8 heteroatoms. The summed E-state index contributed by atoms with van der Waals surface area (Å²) in [6.45, 7) is 5.14. The predicted molar refractivity (Wildman–Crippen MR) is 84.9 cm³/mol. The number of anilines is 1. The molecule has 1 aliphatic rings. The van der Waals surface area contributed by atoms with Crippen LogP contribution >= 0.6 is 0 Å². The third-order valence-corrected chi connectivity index (χ3v) is 3.94. The van der Waals surface area contributed by atoms with Crippen LogP contribution in [0.15, 0.2) is 24.3 Å². The van der Waals surface area contributed by atoms with Crippen LogP contribution in [0, 0.1) is 0 Å². The Morgan fingerprint density at radius 1 is 1.33 bits per heavy atom. The van der Waals surface area contributed by atoms with Gasteiger partial charge in [-0.2, -0.15) is 0 Å². The van der Waals surface area contributed by atoms with Gasteiger partial charge in [0.15, 0.2) is 0 Å². The first-order valence-electron chi connectivity index (χ1n) is 7.98. The Morgan fingerprint density at radius 3 is 2.67 bits per heavy atom. The number of likely N-dealkylation sites (N-methyl/N-ethyl adjacent to an activating group) is 1. The second kappa shape index (κ2) is 8.34. The molecule has 134 valence electrons. The largest absolute Gasteiger partial charge is 0.573 e. The molecule has 1 amide bonds. The molecule has 5 nitrogen and oxygen atoms in total. The molecular formula is C16H22F3N3O2. The fraction of sp³-hybridized carbons (Fsp3) is 0.562. The van der Waals surface area contributed by atoms with Gasteiger partial charge in [0.1, 0.15) is 5.75 Å². The Morgan fingerprint density at radius 2 is 2.04 bits per heavy atom.